The van der Waals surface area contributed by atoms with Crippen molar-refractivity contribution in [2.45, 2.75) is 142 Å². The Morgan fingerprint density at radius 2 is 1.06 bits per heavy atom. The predicted octanol–water partition coefficient (Wildman–Crippen LogP) is 10.6. The number of carbonyl (C=O) groups excluding carboxylic acids is 2. The van der Waals surface area contributed by atoms with Crippen LogP contribution < -0.4 is 0 Å². The largest absolute Gasteiger partial charge is 0.477 e. The summed E-state index contributed by atoms with van der Waals surface area (Å²) in [5, 5.41) is 9.59. The first kappa shape index (κ1) is 49.5. The smallest absolute Gasteiger partial charge is 0.362 e. The summed E-state index contributed by atoms with van der Waals surface area (Å²) in [6.45, 7) is 4.50. The zero-order valence-corrected chi connectivity index (χ0v) is 33.9. The molecule has 300 valence electrons. The van der Waals surface area contributed by atoms with E-state index in [4.69, 9.17) is 14.2 Å². The number of hydrogen-bond acceptors (Lipinski definition) is 6. The summed E-state index contributed by atoms with van der Waals surface area (Å²) in [6.07, 6.45) is 44.8. The van der Waals surface area contributed by atoms with Gasteiger partial charge in [-0.05, 0) is 32.1 Å². The SMILES string of the molecule is CC/C=C/C=C/C=C/C=C/C=C/C=C/C=C/CCCCCC(=O)OCC(COCCC(C(=O)O)[N+](C)(C)C)OC(=O)CCCCCCCCCCCC. The average molecular weight is 741 g/mol. The van der Waals surface area contributed by atoms with Crippen molar-refractivity contribution in [1.82, 2.24) is 0 Å². The Labute approximate surface area is 323 Å². The number of ether oxygens (including phenoxy) is 3. The van der Waals surface area contributed by atoms with Crippen LogP contribution in [0.1, 0.15) is 129 Å². The molecule has 0 aliphatic rings. The van der Waals surface area contributed by atoms with Crippen LogP contribution in [0.2, 0.25) is 0 Å². The molecular formula is C45H74NO7+. The highest BCUT2D eigenvalue weighted by Gasteiger charge is 2.31. The fraction of sp³-hybridized carbons (Fsp3) is 0.622. The maximum absolute atomic E-state index is 12.6. The van der Waals surface area contributed by atoms with Crippen LogP contribution in [0.25, 0.3) is 0 Å². The summed E-state index contributed by atoms with van der Waals surface area (Å²) in [7, 11) is 5.49. The number of allylic oxidation sites excluding steroid dienone is 14. The molecule has 0 saturated carbocycles. The number of rotatable bonds is 34. The van der Waals surface area contributed by atoms with E-state index in [-0.39, 0.29) is 36.2 Å². The number of aliphatic carboxylic acids is 1. The molecule has 2 atom stereocenters. The Morgan fingerprint density at radius 3 is 1.57 bits per heavy atom. The van der Waals surface area contributed by atoms with E-state index in [1.165, 1.54) is 44.9 Å². The number of carboxylic acids is 1. The molecular weight excluding hydrogens is 666 g/mol. The second-order valence-corrected chi connectivity index (χ2v) is 14.3. The normalized spacial score (nSPS) is 13.9. The molecule has 0 fully saturated rings. The average Bonchev–Trinajstić information content (AvgIpc) is 3.11. The van der Waals surface area contributed by atoms with Gasteiger partial charge in [-0.1, -0.05) is 163 Å². The standard InChI is InChI=1S/C45H73NO7/c1-6-8-10-12-14-16-18-19-20-21-22-23-24-25-26-28-29-31-33-35-43(47)52-40-41(39-51-38-37-42(45(49)50)46(3,4)5)53-44(48)36-34-32-30-27-17-15-13-11-9-7-2/h8,10,12,14,16,18-26,41-42H,6-7,9,11,13,15,17,27-40H2,1-5H3/p+1/b10-8+,14-12+,18-16+,20-19+,22-21+,24-23+,26-25+. The lowest BCUT2D eigenvalue weighted by Crippen LogP contribution is -2.50. The summed E-state index contributed by atoms with van der Waals surface area (Å²) < 4.78 is 17.2. The molecule has 8 nitrogen and oxygen atoms in total. The highest BCUT2D eigenvalue weighted by molar-refractivity contribution is 5.72. The number of likely N-dealkylation sites (N-methyl/N-ethyl adjacent to an activating group) is 1. The quantitative estimate of drug-likeness (QED) is 0.0303. The summed E-state index contributed by atoms with van der Waals surface area (Å²) in [5.74, 6) is -1.54. The highest BCUT2D eigenvalue weighted by Crippen LogP contribution is 2.13. The second kappa shape index (κ2) is 35.5. The molecule has 0 aliphatic heterocycles. The number of quaternary nitrogens is 1. The number of carboxylic acid groups (broad SMARTS) is 1. The molecule has 0 heterocycles. The fourth-order valence-corrected chi connectivity index (χ4v) is 5.37. The van der Waals surface area contributed by atoms with Crippen molar-refractivity contribution in [3.63, 3.8) is 0 Å². The first-order valence-corrected chi connectivity index (χ1v) is 20.2. The lowest BCUT2D eigenvalue weighted by molar-refractivity contribution is -0.887. The molecule has 0 aromatic carbocycles. The Morgan fingerprint density at radius 1 is 0.585 bits per heavy atom. The summed E-state index contributed by atoms with van der Waals surface area (Å²) in [4.78, 5) is 36.8. The number of esters is 2. The van der Waals surface area contributed by atoms with Gasteiger partial charge in [-0.2, -0.15) is 0 Å². The van der Waals surface area contributed by atoms with Gasteiger partial charge in [0, 0.05) is 19.3 Å². The summed E-state index contributed by atoms with van der Waals surface area (Å²) in [5.41, 5.74) is 0. The fourth-order valence-electron chi connectivity index (χ4n) is 5.37. The Kier molecular flexibility index (Phi) is 33.2. The molecule has 8 heteroatoms. The lowest BCUT2D eigenvalue weighted by atomic mass is 10.1. The third kappa shape index (κ3) is 34.1. The van der Waals surface area contributed by atoms with Crippen molar-refractivity contribution in [2.24, 2.45) is 0 Å². The van der Waals surface area contributed by atoms with Gasteiger partial charge < -0.3 is 23.8 Å². The highest BCUT2D eigenvalue weighted by atomic mass is 16.6. The third-order valence-electron chi connectivity index (χ3n) is 8.50. The monoisotopic (exact) mass is 741 g/mol. The van der Waals surface area contributed by atoms with E-state index in [1.807, 2.05) is 94.1 Å². The molecule has 0 aromatic rings. The van der Waals surface area contributed by atoms with Gasteiger partial charge in [-0.3, -0.25) is 9.59 Å². The van der Waals surface area contributed by atoms with Crippen LogP contribution >= 0.6 is 0 Å². The van der Waals surface area contributed by atoms with Crippen LogP contribution in [-0.4, -0.2) is 80.6 Å². The molecule has 0 aromatic heterocycles. The Balaban J connectivity index is 4.49. The minimum absolute atomic E-state index is 0.0421. The first-order chi connectivity index (χ1) is 25.6. The molecule has 0 saturated heterocycles. The first-order valence-electron chi connectivity index (χ1n) is 20.2. The van der Waals surface area contributed by atoms with Gasteiger partial charge in [0.05, 0.1) is 34.4 Å². The van der Waals surface area contributed by atoms with Gasteiger partial charge in [0.25, 0.3) is 0 Å². The van der Waals surface area contributed by atoms with Crippen molar-refractivity contribution in [1.29, 1.82) is 0 Å². The van der Waals surface area contributed by atoms with E-state index in [0.717, 1.165) is 51.4 Å². The number of hydrogen-bond donors (Lipinski definition) is 1. The molecule has 0 spiro atoms. The number of unbranched alkanes of at least 4 members (excludes halogenated alkanes) is 12. The molecule has 1 N–H and O–H groups in total. The minimum Gasteiger partial charge on any atom is -0.477 e. The van der Waals surface area contributed by atoms with Crippen molar-refractivity contribution in [3.8, 4) is 0 Å². The second-order valence-electron chi connectivity index (χ2n) is 14.3. The van der Waals surface area contributed by atoms with Crippen molar-refractivity contribution in [2.75, 3.05) is 41.0 Å². The van der Waals surface area contributed by atoms with E-state index >= 15 is 0 Å². The van der Waals surface area contributed by atoms with Crippen molar-refractivity contribution >= 4 is 17.9 Å². The molecule has 0 amide bonds. The van der Waals surface area contributed by atoms with Crippen LogP contribution in [0.5, 0.6) is 0 Å². The van der Waals surface area contributed by atoms with Crippen molar-refractivity contribution in [3.05, 3.63) is 85.1 Å². The molecule has 0 bridgehead atoms. The van der Waals surface area contributed by atoms with E-state index in [1.54, 1.807) is 0 Å². The molecule has 2 unspecified atom stereocenters. The maximum Gasteiger partial charge on any atom is 0.362 e. The zero-order valence-electron chi connectivity index (χ0n) is 33.9. The van der Waals surface area contributed by atoms with Gasteiger partial charge in [-0.15, -0.1) is 0 Å². The minimum atomic E-state index is -0.886. The third-order valence-corrected chi connectivity index (χ3v) is 8.50. The predicted molar refractivity (Wildman–Crippen MR) is 220 cm³/mol. The van der Waals surface area contributed by atoms with Gasteiger partial charge in [-0.25, -0.2) is 4.79 Å². The van der Waals surface area contributed by atoms with E-state index in [0.29, 0.717) is 19.3 Å². The Bertz CT molecular complexity index is 1140. The van der Waals surface area contributed by atoms with Crippen LogP contribution in [0, 0.1) is 0 Å². The molecule has 53 heavy (non-hydrogen) atoms. The maximum atomic E-state index is 12.6. The van der Waals surface area contributed by atoms with E-state index in [9.17, 15) is 19.5 Å². The molecule has 0 aliphatic carbocycles. The molecule has 0 radical (unpaired) electrons. The summed E-state index contributed by atoms with van der Waals surface area (Å²) >= 11 is 0. The van der Waals surface area contributed by atoms with Crippen molar-refractivity contribution < 1.29 is 38.2 Å². The molecule has 0 rings (SSSR count). The summed E-state index contributed by atoms with van der Waals surface area (Å²) in [6, 6.07) is -0.624. The van der Waals surface area contributed by atoms with Crippen LogP contribution in [0.3, 0.4) is 0 Å². The van der Waals surface area contributed by atoms with Crippen LogP contribution in [0.15, 0.2) is 85.1 Å². The zero-order chi connectivity index (χ0) is 39.3. The van der Waals surface area contributed by atoms with Gasteiger partial charge in [0.1, 0.15) is 6.61 Å². The van der Waals surface area contributed by atoms with Gasteiger partial charge >= 0.3 is 17.9 Å². The number of nitrogens with zero attached hydrogens (tertiary/aromatic N) is 1. The Hall–Kier alpha value is -3.49. The van der Waals surface area contributed by atoms with E-state index < -0.39 is 18.1 Å². The van der Waals surface area contributed by atoms with Crippen LogP contribution in [0.4, 0.5) is 0 Å². The van der Waals surface area contributed by atoms with E-state index in [2.05, 4.69) is 26.0 Å². The number of carbonyl (C=O) groups is 3. The van der Waals surface area contributed by atoms with Crippen LogP contribution in [-0.2, 0) is 28.6 Å². The lowest BCUT2D eigenvalue weighted by Gasteiger charge is -2.31. The van der Waals surface area contributed by atoms with Gasteiger partial charge in [0.15, 0.2) is 12.1 Å². The van der Waals surface area contributed by atoms with Gasteiger partial charge in [0.2, 0.25) is 0 Å². The topological polar surface area (TPSA) is 99.1 Å².